The Hall–Kier alpha value is -2.61. The molecule has 160 valence electrons. The third-order valence-corrected chi connectivity index (χ3v) is 6.45. The van der Waals surface area contributed by atoms with Crippen molar-refractivity contribution in [2.24, 2.45) is 5.92 Å². The number of carbonyl (C=O) groups excluding carboxylic acids is 2. The molecule has 1 aliphatic heterocycles. The highest BCUT2D eigenvalue weighted by Gasteiger charge is 2.26. The van der Waals surface area contributed by atoms with Crippen LogP contribution in [0.5, 0.6) is 5.75 Å². The standard InChI is InChI=1S/C22H28N4O3S/c27-21(12-17-4-1-2-5-17)25-8-10-26(11-9-25)22(28)24-18-6-3-7-20(13-18)29-14-19-15-30-16-23-19/h3,6-7,13,15-17H,1-2,4-5,8-12,14H2,(H,24,28). The maximum Gasteiger partial charge on any atom is 0.321 e. The summed E-state index contributed by atoms with van der Waals surface area (Å²) in [4.78, 5) is 33.0. The summed E-state index contributed by atoms with van der Waals surface area (Å²) in [5.41, 5.74) is 3.35. The molecule has 2 fully saturated rings. The molecule has 30 heavy (non-hydrogen) atoms. The molecule has 1 saturated carbocycles. The summed E-state index contributed by atoms with van der Waals surface area (Å²) in [6.07, 6.45) is 5.53. The Bertz CT molecular complexity index is 844. The van der Waals surface area contributed by atoms with E-state index in [4.69, 9.17) is 4.74 Å². The largest absolute Gasteiger partial charge is 0.487 e. The van der Waals surface area contributed by atoms with Crippen LogP contribution in [-0.4, -0.2) is 52.9 Å². The zero-order chi connectivity index (χ0) is 20.8. The topological polar surface area (TPSA) is 74.8 Å². The average molecular weight is 429 g/mol. The van der Waals surface area contributed by atoms with Gasteiger partial charge in [0.25, 0.3) is 0 Å². The number of rotatable bonds is 6. The van der Waals surface area contributed by atoms with Gasteiger partial charge in [0.1, 0.15) is 12.4 Å². The molecular weight excluding hydrogens is 400 g/mol. The molecule has 1 aromatic carbocycles. The fourth-order valence-corrected chi connectivity index (χ4v) is 4.62. The number of urea groups is 1. The second-order valence-corrected chi connectivity index (χ2v) is 8.67. The van der Waals surface area contributed by atoms with Gasteiger partial charge in [0.15, 0.2) is 0 Å². The highest BCUT2D eigenvalue weighted by atomic mass is 32.1. The first-order valence-corrected chi connectivity index (χ1v) is 11.6. The molecule has 4 rings (SSSR count). The van der Waals surface area contributed by atoms with Crippen LogP contribution in [0.15, 0.2) is 35.2 Å². The molecule has 0 bridgehead atoms. The van der Waals surface area contributed by atoms with E-state index in [-0.39, 0.29) is 11.9 Å². The van der Waals surface area contributed by atoms with Crippen LogP contribution < -0.4 is 10.1 Å². The Morgan fingerprint density at radius 2 is 1.90 bits per heavy atom. The van der Waals surface area contributed by atoms with Crippen LogP contribution >= 0.6 is 11.3 Å². The molecule has 2 heterocycles. The summed E-state index contributed by atoms with van der Waals surface area (Å²) in [5.74, 6) is 1.49. The van der Waals surface area contributed by atoms with Gasteiger partial charge in [0.2, 0.25) is 5.91 Å². The average Bonchev–Trinajstić information content (AvgIpc) is 3.47. The Kier molecular flexibility index (Phi) is 6.84. The molecule has 2 aliphatic rings. The molecule has 1 aromatic heterocycles. The predicted octanol–water partition coefficient (Wildman–Crippen LogP) is 3.98. The lowest BCUT2D eigenvalue weighted by Gasteiger charge is -2.35. The van der Waals surface area contributed by atoms with Gasteiger partial charge in [-0.3, -0.25) is 4.79 Å². The lowest BCUT2D eigenvalue weighted by Crippen LogP contribution is -2.51. The summed E-state index contributed by atoms with van der Waals surface area (Å²) in [5, 5.41) is 4.89. The monoisotopic (exact) mass is 428 g/mol. The number of hydrogen-bond donors (Lipinski definition) is 1. The Morgan fingerprint density at radius 1 is 1.13 bits per heavy atom. The molecule has 0 atom stereocenters. The fourth-order valence-electron chi connectivity index (χ4n) is 4.08. The molecule has 0 unspecified atom stereocenters. The quantitative estimate of drug-likeness (QED) is 0.755. The van der Waals surface area contributed by atoms with E-state index in [0.717, 1.165) is 5.69 Å². The molecule has 3 amide bonds. The second-order valence-electron chi connectivity index (χ2n) is 7.95. The minimum atomic E-state index is -0.144. The first kappa shape index (κ1) is 20.7. The van der Waals surface area contributed by atoms with Crippen molar-refractivity contribution in [2.45, 2.75) is 38.7 Å². The molecule has 1 N–H and O–H groups in total. The summed E-state index contributed by atoms with van der Waals surface area (Å²) in [6.45, 7) is 2.73. The van der Waals surface area contributed by atoms with Crippen molar-refractivity contribution >= 4 is 29.0 Å². The third kappa shape index (κ3) is 5.50. The number of amides is 3. The van der Waals surface area contributed by atoms with Crippen molar-refractivity contribution in [1.82, 2.24) is 14.8 Å². The maximum absolute atomic E-state index is 12.6. The number of carbonyl (C=O) groups is 2. The fraction of sp³-hybridized carbons (Fsp3) is 0.500. The van der Waals surface area contributed by atoms with Gasteiger partial charge < -0.3 is 19.9 Å². The number of piperazine rings is 1. The van der Waals surface area contributed by atoms with Crippen LogP contribution in [0.1, 0.15) is 37.8 Å². The van der Waals surface area contributed by atoms with E-state index in [0.29, 0.717) is 56.6 Å². The summed E-state index contributed by atoms with van der Waals surface area (Å²) in [7, 11) is 0. The van der Waals surface area contributed by atoms with Crippen molar-refractivity contribution in [2.75, 3.05) is 31.5 Å². The molecule has 0 radical (unpaired) electrons. The first-order valence-electron chi connectivity index (χ1n) is 10.6. The van der Waals surface area contributed by atoms with Crippen molar-refractivity contribution in [3.05, 3.63) is 40.8 Å². The van der Waals surface area contributed by atoms with Gasteiger partial charge in [0, 0.05) is 49.7 Å². The van der Waals surface area contributed by atoms with Gasteiger partial charge in [-0.2, -0.15) is 0 Å². The third-order valence-electron chi connectivity index (χ3n) is 5.81. The smallest absolute Gasteiger partial charge is 0.321 e. The Balaban J connectivity index is 1.23. The van der Waals surface area contributed by atoms with E-state index in [1.807, 2.05) is 34.5 Å². The zero-order valence-corrected chi connectivity index (χ0v) is 17.9. The van der Waals surface area contributed by atoms with Gasteiger partial charge in [-0.15, -0.1) is 11.3 Å². The molecule has 1 aliphatic carbocycles. The number of nitrogens with one attached hydrogen (secondary N) is 1. The summed E-state index contributed by atoms with van der Waals surface area (Å²) >= 11 is 1.53. The summed E-state index contributed by atoms with van der Waals surface area (Å²) < 4.78 is 5.75. The first-order chi connectivity index (χ1) is 14.7. The van der Waals surface area contributed by atoms with Gasteiger partial charge in [-0.25, -0.2) is 9.78 Å². The van der Waals surface area contributed by atoms with Crippen molar-refractivity contribution < 1.29 is 14.3 Å². The van der Waals surface area contributed by atoms with E-state index in [9.17, 15) is 9.59 Å². The molecule has 8 heteroatoms. The molecule has 0 spiro atoms. The zero-order valence-electron chi connectivity index (χ0n) is 17.1. The van der Waals surface area contributed by atoms with Crippen molar-refractivity contribution in [3.8, 4) is 5.75 Å². The maximum atomic E-state index is 12.6. The number of thiazole rings is 1. The van der Waals surface area contributed by atoms with Crippen molar-refractivity contribution in [3.63, 3.8) is 0 Å². The molecule has 1 saturated heterocycles. The highest BCUT2D eigenvalue weighted by Crippen LogP contribution is 2.28. The van der Waals surface area contributed by atoms with E-state index in [1.54, 1.807) is 10.4 Å². The Labute approximate surface area is 181 Å². The number of benzene rings is 1. The van der Waals surface area contributed by atoms with Crippen LogP contribution in [-0.2, 0) is 11.4 Å². The van der Waals surface area contributed by atoms with Gasteiger partial charge in [0.05, 0.1) is 11.2 Å². The normalized spacial score (nSPS) is 17.2. The van der Waals surface area contributed by atoms with Gasteiger partial charge in [-0.05, 0) is 30.9 Å². The van der Waals surface area contributed by atoms with E-state index >= 15 is 0 Å². The van der Waals surface area contributed by atoms with Crippen LogP contribution in [0, 0.1) is 5.92 Å². The van der Waals surface area contributed by atoms with Gasteiger partial charge >= 0.3 is 6.03 Å². The van der Waals surface area contributed by atoms with Gasteiger partial charge in [-0.1, -0.05) is 18.9 Å². The van der Waals surface area contributed by atoms with E-state index < -0.39 is 0 Å². The SMILES string of the molecule is O=C(CC1CCCC1)N1CCN(C(=O)Nc2cccc(OCc3cscn3)c2)CC1. The van der Waals surface area contributed by atoms with Crippen LogP contribution in [0.3, 0.4) is 0 Å². The van der Waals surface area contributed by atoms with Crippen LogP contribution in [0.25, 0.3) is 0 Å². The molecular formula is C22H28N4O3S. The van der Waals surface area contributed by atoms with Crippen LogP contribution in [0.4, 0.5) is 10.5 Å². The minimum Gasteiger partial charge on any atom is -0.487 e. The number of nitrogens with zero attached hydrogens (tertiary/aromatic N) is 3. The number of ether oxygens (including phenoxy) is 1. The number of aromatic nitrogens is 1. The predicted molar refractivity (Wildman–Crippen MR) is 117 cm³/mol. The second kappa shape index (κ2) is 9.93. The molecule has 2 aromatic rings. The Morgan fingerprint density at radius 3 is 2.63 bits per heavy atom. The summed E-state index contributed by atoms with van der Waals surface area (Å²) in [6, 6.07) is 7.22. The van der Waals surface area contributed by atoms with E-state index in [2.05, 4.69) is 10.3 Å². The van der Waals surface area contributed by atoms with Crippen LogP contribution in [0.2, 0.25) is 0 Å². The lowest BCUT2D eigenvalue weighted by molar-refractivity contribution is -0.133. The number of anilines is 1. The lowest BCUT2D eigenvalue weighted by atomic mass is 10.0. The number of hydrogen-bond acceptors (Lipinski definition) is 5. The van der Waals surface area contributed by atoms with Crippen molar-refractivity contribution in [1.29, 1.82) is 0 Å². The molecule has 7 nitrogen and oxygen atoms in total. The van der Waals surface area contributed by atoms with E-state index in [1.165, 1.54) is 37.0 Å². The minimum absolute atomic E-state index is 0.144. The highest BCUT2D eigenvalue weighted by molar-refractivity contribution is 7.07.